The molecule has 3 rings (SSSR count). The summed E-state index contributed by atoms with van der Waals surface area (Å²) in [6.07, 6.45) is 0.976. The number of aryl methyl sites for hydroxylation is 1. The molecule has 1 aromatic heterocycles. The molecule has 1 aliphatic heterocycles. The fourth-order valence-electron chi connectivity index (χ4n) is 3.33. The van der Waals surface area contributed by atoms with E-state index in [-0.39, 0.29) is 42.4 Å². The van der Waals surface area contributed by atoms with Gasteiger partial charge in [-0.1, -0.05) is 6.07 Å². The van der Waals surface area contributed by atoms with Gasteiger partial charge in [-0.2, -0.15) is 4.31 Å². The van der Waals surface area contributed by atoms with E-state index >= 15 is 0 Å². The van der Waals surface area contributed by atoms with Crippen molar-refractivity contribution in [3.8, 4) is 0 Å². The van der Waals surface area contributed by atoms with Crippen molar-refractivity contribution in [3.63, 3.8) is 0 Å². The van der Waals surface area contributed by atoms with Crippen LogP contribution in [-0.2, 0) is 30.8 Å². The van der Waals surface area contributed by atoms with Gasteiger partial charge in [-0.3, -0.25) is 24.3 Å². The van der Waals surface area contributed by atoms with E-state index in [4.69, 9.17) is 4.74 Å². The maximum atomic E-state index is 13.0. The Morgan fingerprint density at radius 2 is 1.91 bits per heavy atom. The van der Waals surface area contributed by atoms with Gasteiger partial charge in [0.2, 0.25) is 15.9 Å². The first kappa shape index (κ1) is 25.0. The minimum absolute atomic E-state index is 0.00712. The summed E-state index contributed by atoms with van der Waals surface area (Å²) in [5.74, 6) is -1.69. The molecule has 2 aromatic rings. The Balaban J connectivity index is 1.86. The number of ether oxygens (including phenoxy) is 2. The molecule has 0 bridgehead atoms. The summed E-state index contributed by atoms with van der Waals surface area (Å²) in [4.78, 5) is 47.0. The second-order valence-electron chi connectivity index (χ2n) is 7.34. The van der Waals surface area contributed by atoms with Gasteiger partial charge in [0, 0.05) is 31.0 Å². The molecule has 182 valence electrons. The lowest BCUT2D eigenvalue weighted by Crippen LogP contribution is -2.40. The number of hydrogen-bond acceptors (Lipinski definition) is 9. The van der Waals surface area contributed by atoms with Crippen LogP contribution < -0.4 is 10.9 Å². The lowest BCUT2D eigenvalue weighted by molar-refractivity contribution is -0.386. The Hall–Kier alpha value is -3.62. The minimum Gasteiger partial charge on any atom is -0.465 e. The van der Waals surface area contributed by atoms with Crippen LogP contribution in [0.4, 0.5) is 11.4 Å². The normalized spacial score (nSPS) is 14.4. The molecule has 0 saturated carbocycles. The van der Waals surface area contributed by atoms with Gasteiger partial charge < -0.3 is 14.8 Å². The molecule has 14 heteroatoms. The van der Waals surface area contributed by atoms with Gasteiger partial charge >= 0.3 is 17.2 Å². The van der Waals surface area contributed by atoms with Crippen LogP contribution in [0.3, 0.4) is 0 Å². The number of rotatable bonds is 7. The van der Waals surface area contributed by atoms with Crippen LogP contribution >= 0.6 is 0 Å². The van der Waals surface area contributed by atoms with E-state index in [0.717, 1.165) is 19.4 Å². The second kappa shape index (κ2) is 10.1. The van der Waals surface area contributed by atoms with Crippen LogP contribution in [-0.4, -0.2) is 67.5 Å². The molecule has 0 spiro atoms. The van der Waals surface area contributed by atoms with E-state index in [2.05, 4.69) is 10.1 Å². The maximum Gasteiger partial charge on any atom is 0.339 e. The highest BCUT2D eigenvalue weighted by Crippen LogP contribution is 2.24. The number of benzene rings is 1. The van der Waals surface area contributed by atoms with Crippen molar-refractivity contribution < 1.29 is 32.4 Å². The molecule has 0 aliphatic carbocycles. The number of nitro groups is 1. The van der Waals surface area contributed by atoms with Crippen LogP contribution in [0.15, 0.2) is 40.2 Å². The topological polar surface area (TPSA) is 167 Å². The van der Waals surface area contributed by atoms with E-state index in [9.17, 15) is 32.9 Å². The van der Waals surface area contributed by atoms with Crippen molar-refractivity contribution >= 4 is 33.3 Å². The fraction of sp³-hybridized carbons (Fsp3) is 0.350. The zero-order chi connectivity index (χ0) is 25.0. The van der Waals surface area contributed by atoms with Crippen molar-refractivity contribution in [2.24, 2.45) is 0 Å². The van der Waals surface area contributed by atoms with Gasteiger partial charge in [-0.25, -0.2) is 13.2 Å². The maximum absolute atomic E-state index is 13.0. The highest BCUT2D eigenvalue weighted by molar-refractivity contribution is 7.89. The Labute approximate surface area is 194 Å². The van der Waals surface area contributed by atoms with Crippen LogP contribution in [0.25, 0.3) is 0 Å². The third kappa shape index (κ3) is 5.30. The lowest BCUT2D eigenvalue weighted by Gasteiger charge is -2.26. The molecule has 34 heavy (non-hydrogen) atoms. The summed E-state index contributed by atoms with van der Waals surface area (Å²) in [5.41, 5.74) is -1.65. The smallest absolute Gasteiger partial charge is 0.339 e. The SMILES string of the molecule is COC(=O)c1cc([N+](=O)[O-])c(=O)n(CC(=O)Nc2ccc(C)c(S(=O)(=O)N3CCOCC3)c2)c1. The zero-order valence-corrected chi connectivity index (χ0v) is 19.2. The van der Waals surface area contributed by atoms with Crippen molar-refractivity contribution in [2.75, 3.05) is 38.7 Å². The lowest BCUT2D eigenvalue weighted by atomic mass is 10.2. The molecule has 1 aromatic carbocycles. The number of pyridine rings is 1. The van der Waals surface area contributed by atoms with E-state index in [0.29, 0.717) is 10.1 Å². The van der Waals surface area contributed by atoms with Crippen molar-refractivity contribution in [3.05, 3.63) is 62.1 Å². The van der Waals surface area contributed by atoms with Crippen molar-refractivity contribution in [2.45, 2.75) is 18.4 Å². The molecule has 1 aliphatic rings. The highest BCUT2D eigenvalue weighted by atomic mass is 32.2. The number of hydrogen-bond donors (Lipinski definition) is 1. The van der Waals surface area contributed by atoms with E-state index < -0.39 is 44.6 Å². The zero-order valence-electron chi connectivity index (χ0n) is 18.3. The van der Waals surface area contributed by atoms with Gasteiger partial charge in [0.05, 0.1) is 35.7 Å². The first-order chi connectivity index (χ1) is 16.0. The second-order valence-corrected chi connectivity index (χ2v) is 9.25. The summed E-state index contributed by atoms with van der Waals surface area (Å²) in [6, 6.07) is 5.08. The first-order valence-electron chi connectivity index (χ1n) is 10.00. The Kier molecular flexibility index (Phi) is 7.44. The molecule has 13 nitrogen and oxygen atoms in total. The number of morpholine rings is 1. The molecule has 1 saturated heterocycles. The van der Waals surface area contributed by atoms with Gasteiger partial charge in [0.1, 0.15) is 6.54 Å². The number of sulfonamides is 1. The van der Waals surface area contributed by atoms with Crippen LogP contribution in [0, 0.1) is 17.0 Å². The molecule has 1 N–H and O–H groups in total. The van der Waals surface area contributed by atoms with Gasteiger partial charge in [-0.15, -0.1) is 0 Å². The van der Waals surface area contributed by atoms with E-state index in [1.807, 2.05) is 0 Å². The van der Waals surface area contributed by atoms with Crippen molar-refractivity contribution in [1.29, 1.82) is 0 Å². The number of nitrogens with one attached hydrogen (secondary N) is 1. The predicted octanol–water partition coefficient (Wildman–Crippen LogP) is 0.511. The largest absolute Gasteiger partial charge is 0.465 e. The number of aromatic nitrogens is 1. The molecular weight excluding hydrogens is 472 g/mol. The van der Waals surface area contributed by atoms with Crippen LogP contribution in [0.5, 0.6) is 0 Å². The molecule has 1 fully saturated rings. The molecular formula is C20H22N4O9S. The Morgan fingerprint density at radius 3 is 2.53 bits per heavy atom. The average molecular weight is 494 g/mol. The minimum atomic E-state index is -3.83. The number of nitrogens with zero attached hydrogens (tertiary/aromatic N) is 3. The monoisotopic (exact) mass is 494 g/mol. The molecule has 1 amide bonds. The number of esters is 1. The number of anilines is 1. The third-order valence-corrected chi connectivity index (χ3v) is 7.10. The van der Waals surface area contributed by atoms with E-state index in [1.54, 1.807) is 6.92 Å². The Bertz CT molecular complexity index is 1300. The molecule has 2 heterocycles. The molecule has 0 radical (unpaired) electrons. The summed E-state index contributed by atoms with van der Waals surface area (Å²) in [6.45, 7) is 1.92. The number of methoxy groups -OCH3 is 1. The van der Waals surface area contributed by atoms with Crippen LogP contribution in [0.1, 0.15) is 15.9 Å². The standard InChI is InChI=1S/C20H22N4O9S/c1-13-3-4-15(10-17(13)34(30,31)23-5-7-33-8-6-23)21-18(25)12-22-11-14(20(27)32-2)9-16(19(22)26)24(28)29/h3-4,9-11H,5-8,12H2,1-2H3,(H,21,25). The highest BCUT2D eigenvalue weighted by Gasteiger charge is 2.28. The third-order valence-electron chi connectivity index (χ3n) is 5.06. The summed E-state index contributed by atoms with van der Waals surface area (Å²) < 4.78 is 37.8. The quantitative estimate of drug-likeness (QED) is 0.328. The van der Waals surface area contributed by atoms with E-state index in [1.165, 1.54) is 22.5 Å². The summed E-state index contributed by atoms with van der Waals surface area (Å²) >= 11 is 0. The molecule has 0 unspecified atom stereocenters. The predicted molar refractivity (Wildman–Crippen MR) is 118 cm³/mol. The van der Waals surface area contributed by atoms with Gasteiger partial charge in [0.25, 0.3) is 0 Å². The number of amides is 1. The number of carbonyl (C=O) groups is 2. The number of carbonyl (C=O) groups excluding carboxylic acids is 2. The van der Waals surface area contributed by atoms with Gasteiger partial charge in [0.15, 0.2) is 0 Å². The summed E-state index contributed by atoms with van der Waals surface area (Å²) in [5, 5.41) is 13.7. The van der Waals surface area contributed by atoms with Gasteiger partial charge in [-0.05, 0) is 24.6 Å². The Morgan fingerprint density at radius 1 is 1.24 bits per heavy atom. The van der Waals surface area contributed by atoms with Crippen LogP contribution in [0.2, 0.25) is 0 Å². The fourth-order valence-corrected chi connectivity index (χ4v) is 4.99. The average Bonchev–Trinajstić information content (AvgIpc) is 2.81. The van der Waals surface area contributed by atoms with Crippen molar-refractivity contribution in [1.82, 2.24) is 8.87 Å². The molecule has 0 atom stereocenters. The first-order valence-corrected chi connectivity index (χ1v) is 11.4. The summed E-state index contributed by atoms with van der Waals surface area (Å²) in [7, 11) is -2.76.